The summed E-state index contributed by atoms with van der Waals surface area (Å²) in [7, 11) is 0. The third-order valence-corrected chi connectivity index (χ3v) is 3.08. The smallest absolute Gasteiger partial charge is 0.306 e. The quantitative estimate of drug-likeness (QED) is 0.473. The summed E-state index contributed by atoms with van der Waals surface area (Å²) < 4.78 is 5.28. The molecule has 1 saturated heterocycles. The van der Waals surface area contributed by atoms with E-state index in [0.29, 0.717) is 6.42 Å². The van der Waals surface area contributed by atoms with Gasteiger partial charge in [-0.1, -0.05) is 39.0 Å². The van der Waals surface area contributed by atoms with Crippen molar-refractivity contribution in [2.45, 2.75) is 77.2 Å². The van der Waals surface area contributed by atoms with Crippen LogP contribution in [0.1, 0.15) is 71.1 Å². The fraction of sp³-hybridized carbons (Fsp3) is 0.923. The largest absolute Gasteiger partial charge is 0.462 e. The van der Waals surface area contributed by atoms with Crippen molar-refractivity contribution < 1.29 is 9.53 Å². The van der Waals surface area contributed by atoms with E-state index in [2.05, 4.69) is 6.92 Å². The summed E-state index contributed by atoms with van der Waals surface area (Å²) in [5.41, 5.74) is 0. The molecule has 15 heavy (non-hydrogen) atoms. The lowest BCUT2D eigenvalue weighted by Gasteiger charge is -2.21. The van der Waals surface area contributed by atoms with E-state index in [1.54, 1.807) is 0 Å². The summed E-state index contributed by atoms with van der Waals surface area (Å²) in [4.78, 5) is 11.0. The van der Waals surface area contributed by atoms with Crippen molar-refractivity contribution in [1.29, 1.82) is 0 Å². The van der Waals surface area contributed by atoms with Crippen LogP contribution < -0.4 is 0 Å². The van der Waals surface area contributed by atoms with Crippen LogP contribution in [0.5, 0.6) is 0 Å². The highest BCUT2D eigenvalue weighted by Gasteiger charge is 2.19. The SMILES string of the molecule is CCCCCCCC[C@@H]1CCCC(=O)O1. The van der Waals surface area contributed by atoms with Crippen molar-refractivity contribution in [3.05, 3.63) is 0 Å². The Morgan fingerprint density at radius 2 is 1.93 bits per heavy atom. The third kappa shape index (κ3) is 5.81. The summed E-state index contributed by atoms with van der Waals surface area (Å²) in [6.07, 6.45) is 12.0. The Labute approximate surface area is 93.4 Å². The molecule has 2 nitrogen and oxygen atoms in total. The zero-order chi connectivity index (χ0) is 10.9. The maximum atomic E-state index is 11.0. The second-order valence-electron chi connectivity index (χ2n) is 4.56. The van der Waals surface area contributed by atoms with Crippen LogP contribution in [-0.4, -0.2) is 12.1 Å². The lowest BCUT2D eigenvalue weighted by molar-refractivity contribution is -0.154. The van der Waals surface area contributed by atoms with Crippen molar-refractivity contribution in [3.63, 3.8) is 0 Å². The number of ether oxygens (including phenoxy) is 1. The number of carbonyl (C=O) groups excluding carboxylic acids is 1. The van der Waals surface area contributed by atoms with E-state index in [1.807, 2.05) is 0 Å². The molecule has 1 aliphatic heterocycles. The maximum absolute atomic E-state index is 11.0. The van der Waals surface area contributed by atoms with Crippen LogP contribution in [0.15, 0.2) is 0 Å². The molecule has 1 aliphatic rings. The highest BCUT2D eigenvalue weighted by molar-refractivity contribution is 5.70. The van der Waals surface area contributed by atoms with Gasteiger partial charge in [0.1, 0.15) is 6.10 Å². The molecule has 1 atom stereocenters. The Kier molecular flexibility index (Phi) is 6.45. The van der Waals surface area contributed by atoms with Crippen molar-refractivity contribution >= 4 is 5.97 Å². The standard InChI is InChI=1S/C13H24O2/c1-2-3-4-5-6-7-9-12-10-8-11-13(14)15-12/h12H,2-11H2,1H3/t12-/m1/s1. The molecule has 1 heterocycles. The van der Waals surface area contributed by atoms with E-state index in [1.165, 1.54) is 38.5 Å². The molecular weight excluding hydrogens is 188 g/mol. The number of unbranched alkanes of at least 4 members (excludes halogenated alkanes) is 5. The predicted molar refractivity (Wildman–Crippen MR) is 61.7 cm³/mol. The van der Waals surface area contributed by atoms with Crippen LogP contribution in [0, 0.1) is 0 Å². The first-order valence-electron chi connectivity index (χ1n) is 6.52. The maximum Gasteiger partial charge on any atom is 0.306 e. The zero-order valence-corrected chi connectivity index (χ0v) is 9.96. The Bertz CT molecular complexity index is 177. The van der Waals surface area contributed by atoms with E-state index in [0.717, 1.165) is 19.3 Å². The van der Waals surface area contributed by atoms with Gasteiger partial charge in [-0.05, 0) is 25.7 Å². The van der Waals surface area contributed by atoms with Crippen LogP contribution in [0.2, 0.25) is 0 Å². The molecule has 0 N–H and O–H groups in total. The Hall–Kier alpha value is -0.530. The number of carbonyl (C=O) groups is 1. The Morgan fingerprint density at radius 3 is 2.67 bits per heavy atom. The fourth-order valence-corrected chi connectivity index (χ4v) is 2.13. The first-order valence-corrected chi connectivity index (χ1v) is 6.52. The van der Waals surface area contributed by atoms with E-state index < -0.39 is 0 Å². The molecule has 1 rings (SSSR count). The van der Waals surface area contributed by atoms with Gasteiger partial charge in [0.05, 0.1) is 0 Å². The minimum absolute atomic E-state index is 0.0113. The topological polar surface area (TPSA) is 26.3 Å². The van der Waals surface area contributed by atoms with E-state index >= 15 is 0 Å². The molecule has 1 fully saturated rings. The van der Waals surface area contributed by atoms with Crippen LogP contribution >= 0.6 is 0 Å². The molecule has 0 aromatic carbocycles. The minimum atomic E-state index is 0.0113. The molecule has 0 unspecified atom stereocenters. The van der Waals surface area contributed by atoms with E-state index in [-0.39, 0.29) is 12.1 Å². The van der Waals surface area contributed by atoms with Gasteiger partial charge in [0.25, 0.3) is 0 Å². The number of cyclic esters (lactones) is 1. The molecule has 0 amide bonds. The number of esters is 1. The molecule has 0 aromatic rings. The minimum Gasteiger partial charge on any atom is -0.462 e. The van der Waals surface area contributed by atoms with Crippen molar-refractivity contribution in [3.8, 4) is 0 Å². The van der Waals surface area contributed by atoms with Gasteiger partial charge in [-0.15, -0.1) is 0 Å². The van der Waals surface area contributed by atoms with Gasteiger partial charge < -0.3 is 4.74 Å². The predicted octanol–water partition coefficient (Wildman–Crippen LogP) is 3.83. The number of rotatable bonds is 7. The highest BCUT2D eigenvalue weighted by Crippen LogP contribution is 2.19. The van der Waals surface area contributed by atoms with E-state index in [4.69, 9.17) is 4.74 Å². The van der Waals surface area contributed by atoms with Gasteiger partial charge in [0.15, 0.2) is 0 Å². The summed E-state index contributed by atoms with van der Waals surface area (Å²) in [5, 5.41) is 0. The summed E-state index contributed by atoms with van der Waals surface area (Å²) in [6.45, 7) is 2.24. The Balaban J connectivity index is 1.92. The first kappa shape index (κ1) is 12.5. The molecule has 0 radical (unpaired) electrons. The molecule has 0 bridgehead atoms. The first-order chi connectivity index (χ1) is 7.33. The Morgan fingerprint density at radius 1 is 1.20 bits per heavy atom. The molecule has 88 valence electrons. The lowest BCUT2D eigenvalue weighted by atomic mass is 10.0. The molecule has 0 spiro atoms. The second-order valence-corrected chi connectivity index (χ2v) is 4.56. The van der Waals surface area contributed by atoms with Gasteiger partial charge >= 0.3 is 5.97 Å². The van der Waals surface area contributed by atoms with Crippen LogP contribution in [0.4, 0.5) is 0 Å². The lowest BCUT2D eigenvalue weighted by Crippen LogP contribution is -2.23. The number of hydrogen-bond acceptors (Lipinski definition) is 2. The van der Waals surface area contributed by atoms with Crippen molar-refractivity contribution in [2.24, 2.45) is 0 Å². The van der Waals surface area contributed by atoms with Crippen LogP contribution in [0.25, 0.3) is 0 Å². The number of hydrogen-bond donors (Lipinski definition) is 0. The molecule has 0 aliphatic carbocycles. The molecule has 2 heteroatoms. The van der Waals surface area contributed by atoms with Crippen LogP contribution in [-0.2, 0) is 9.53 Å². The molecule has 0 saturated carbocycles. The van der Waals surface area contributed by atoms with Gasteiger partial charge in [-0.3, -0.25) is 4.79 Å². The average molecular weight is 212 g/mol. The second kappa shape index (κ2) is 7.72. The zero-order valence-electron chi connectivity index (χ0n) is 9.96. The normalized spacial score (nSPS) is 21.4. The van der Waals surface area contributed by atoms with Gasteiger partial charge in [0, 0.05) is 6.42 Å². The summed E-state index contributed by atoms with van der Waals surface area (Å²) >= 11 is 0. The third-order valence-electron chi connectivity index (χ3n) is 3.08. The summed E-state index contributed by atoms with van der Waals surface area (Å²) in [5.74, 6) is 0.0113. The van der Waals surface area contributed by atoms with Gasteiger partial charge in [0.2, 0.25) is 0 Å². The monoisotopic (exact) mass is 212 g/mol. The van der Waals surface area contributed by atoms with Crippen molar-refractivity contribution in [2.75, 3.05) is 0 Å². The van der Waals surface area contributed by atoms with E-state index in [9.17, 15) is 4.79 Å². The van der Waals surface area contributed by atoms with Gasteiger partial charge in [-0.25, -0.2) is 0 Å². The fourth-order valence-electron chi connectivity index (χ4n) is 2.13. The molecule has 0 aromatic heterocycles. The summed E-state index contributed by atoms with van der Waals surface area (Å²) in [6, 6.07) is 0. The molecular formula is C13H24O2. The van der Waals surface area contributed by atoms with Gasteiger partial charge in [-0.2, -0.15) is 0 Å². The van der Waals surface area contributed by atoms with Crippen molar-refractivity contribution in [1.82, 2.24) is 0 Å². The average Bonchev–Trinajstić information content (AvgIpc) is 2.23. The van der Waals surface area contributed by atoms with Crippen LogP contribution in [0.3, 0.4) is 0 Å². The highest BCUT2D eigenvalue weighted by atomic mass is 16.5.